The second-order valence-electron chi connectivity index (χ2n) is 7.01. The van der Waals surface area contributed by atoms with Gasteiger partial charge in [-0.05, 0) is 34.9 Å². The molecule has 1 heterocycles. The summed E-state index contributed by atoms with van der Waals surface area (Å²) in [6, 6.07) is 24.0. The molecule has 0 aliphatic heterocycles. The molecule has 0 spiro atoms. The van der Waals surface area contributed by atoms with E-state index in [9.17, 15) is 4.79 Å². The van der Waals surface area contributed by atoms with Gasteiger partial charge in [-0.1, -0.05) is 84.4 Å². The minimum Gasteiger partial charge on any atom is -0.458 e. The number of rotatable bonds is 6. The molecule has 0 amide bonds. The van der Waals surface area contributed by atoms with E-state index in [0.29, 0.717) is 11.7 Å². The number of hydrogen-bond acceptors (Lipinski definition) is 3. The van der Waals surface area contributed by atoms with Gasteiger partial charge in [0.2, 0.25) is 0 Å². The van der Waals surface area contributed by atoms with Crippen molar-refractivity contribution < 1.29 is 9.53 Å². The van der Waals surface area contributed by atoms with E-state index in [1.165, 1.54) is 6.08 Å². The standard InChI is InChI=1S/C25H21ClN2O2/c1-18-22(25(26)28(27-18)16-19-8-3-2-4-9-19)14-15-24(29)30-17-21-12-7-11-20-10-5-6-13-23(20)21/h2-15H,16-17H2,1H3/b15-14+. The lowest BCUT2D eigenvalue weighted by Crippen LogP contribution is -2.02. The number of benzene rings is 3. The van der Waals surface area contributed by atoms with Crippen LogP contribution in [0, 0.1) is 6.92 Å². The highest BCUT2D eigenvalue weighted by molar-refractivity contribution is 6.31. The van der Waals surface area contributed by atoms with Crippen LogP contribution in [0.15, 0.2) is 78.9 Å². The maximum absolute atomic E-state index is 12.3. The fourth-order valence-corrected chi connectivity index (χ4v) is 3.68. The van der Waals surface area contributed by atoms with Crippen molar-refractivity contribution in [3.8, 4) is 0 Å². The lowest BCUT2D eigenvalue weighted by atomic mass is 10.1. The van der Waals surface area contributed by atoms with Gasteiger partial charge < -0.3 is 4.74 Å². The minimum absolute atomic E-state index is 0.213. The van der Waals surface area contributed by atoms with Crippen molar-refractivity contribution in [2.75, 3.05) is 0 Å². The van der Waals surface area contributed by atoms with Crippen LogP contribution in [0.25, 0.3) is 16.8 Å². The second-order valence-corrected chi connectivity index (χ2v) is 7.37. The van der Waals surface area contributed by atoms with E-state index >= 15 is 0 Å². The van der Waals surface area contributed by atoms with Crippen molar-refractivity contribution in [1.82, 2.24) is 9.78 Å². The predicted molar refractivity (Wildman–Crippen MR) is 120 cm³/mol. The number of aryl methyl sites for hydroxylation is 1. The molecule has 0 N–H and O–H groups in total. The molecule has 0 unspecified atom stereocenters. The van der Waals surface area contributed by atoms with Gasteiger partial charge in [0.15, 0.2) is 0 Å². The van der Waals surface area contributed by atoms with Gasteiger partial charge in [-0.3, -0.25) is 0 Å². The zero-order chi connectivity index (χ0) is 20.9. The highest BCUT2D eigenvalue weighted by Crippen LogP contribution is 2.23. The molecule has 5 heteroatoms. The topological polar surface area (TPSA) is 44.1 Å². The Hall–Kier alpha value is -3.37. The fourth-order valence-electron chi connectivity index (χ4n) is 3.38. The number of carbonyl (C=O) groups excluding carboxylic acids is 1. The summed E-state index contributed by atoms with van der Waals surface area (Å²) in [5, 5.41) is 7.19. The molecule has 3 aromatic carbocycles. The molecule has 4 nitrogen and oxygen atoms in total. The molecular weight excluding hydrogens is 396 g/mol. The molecule has 4 aromatic rings. The minimum atomic E-state index is -0.422. The van der Waals surface area contributed by atoms with Crippen molar-refractivity contribution >= 4 is 34.4 Å². The fraction of sp³-hybridized carbons (Fsp3) is 0.120. The van der Waals surface area contributed by atoms with Gasteiger partial charge in [0.25, 0.3) is 0 Å². The van der Waals surface area contributed by atoms with Crippen LogP contribution in [0.4, 0.5) is 0 Å². The van der Waals surface area contributed by atoms with Crippen molar-refractivity contribution in [2.24, 2.45) is 0 Å². The summed E-state index contributed by atoms with van der Waals surface area (Å²) in [5.41, 5.74) is 3.55. The first-order valence-electron chi connectivity index (χ1n) is 9.70. The Labute approximate surface area is 180 Å². The summed E-state index contributed by atoms with van der Waals surface area (Å²) in [5.74, 6) is -0.422. The molecule has 0 aliphatic rings. The highest BCUT2D eigenvalue weighted by Gasteiger charge is 2.12. The third kappa shape index (κ3) is 4.44. The normalized spacial score (nSPS) is 11.3. The van der Waals surface area contributed by atoms with Gasteiger partial charge in [-0.15, -0.1) is 0 Å². The molecule has 150 valence electrons. The van der Waals surface area contributed by atoms with E-state index in [-0.39, 0.29) is 6.61 Å². The van der Waals surface area contributed by atoms with Crippen molar-refractivity contribution in [3.63, 3.8) is 0 Å². The van der Waals surface area contributed by atoms with Crippen LogP contribution in [0.3, 0.4) is 0 Å². The molecule has 0 aliphatic carbocycles. The van der Waals surface area contributed by atoms with Crippen LogP contribution in [-0.4, -0.2) is 15.7 Å². The summed E-state index contributed by atoms with van der Waals surface area (Å²) in [6.07, 6.45) is 3.06. The van der Waals surface area contributed by atoms with E-state index < -0.39 is 5.97 Å². The Balaban J connectivity index is 1.44. The van der Waals surface area contributed by atoms with E-state index in [4.69, 9.17) is 16.3 Å². The van der Waals surface area contributed by atoms with Crippen LogP contribution in [0.1, 0.15) is 22.4 Å². The van der Waals surface area contributed by atoms with E-state index in [1.54, 1.807) is 10.8 Å². The molecule has 4 rings (SSSR count). The number of nitrogens with zero attached hydrogens (tertiary/aromatic N) is 2. The quantitative estimate of drug-likeness (QED) is 0.294. The zero-order valence-corrected chi connectivity index (χ0v) is 17.3. The number of halogens is 1. The Morgan fingerprint density at radius 1 is 1.03 bits per heavy atom. The molecule has 0 saturated carbocycles. The maximum Gasteiger partial charge on any atom is 0.331 e. The van der Waals surface area contributed by atoms with Crippen LogP contribution >= 0.6 is 11.6 Å². The third-order valence-corrected chi connectivity index (χ3v) is 5.32. The molecule has 1 aromatic heterocycles. The number of aromatic nitrogens is 2. The summed E-state index contributed by atoms with van der Waals surface area (Å²) in [7, 11) is 0. The van der Waals surface area contributed by atoms with Gasteiger partial charge >= 0.3 is 5.97 Å². The average Bonchev–Trinajstić information content (AvgIpc) is 3.03. The van der Waals surface area contributed by atoms with E-state index in [1.807, 2.05) is 79.7 Å². The Kier molecular flexibility index (Phi) is 5.96. The van der Waals surface area contributed by atoms with Gasteiger partial charge in [-0.2, -0.15) is 5.10 Å². The Morgan fingerprint density at radius 3 is 2.60 bits per heavy atom. The smallest absolute Gasteiger partial charge is 0.331 e. The lowest BCUT2D eigenvalue weighted by molar-refractivity contribution is -0.138. The second kappa shape index (κ2) is 8.97. The Morgan fingerprint density at radius 2 is 1.77 bits per heavy atom. The molecule has 0 fully saturated rings. The SMILES string of the molecule is Cc1nn(Cc2ccccc2)c(Cl)c1/C=C/C(=O)OCc1cccc2ccccc12. The third-order valence-electron chi connectivity index (χ3n) is 4.92. The molecule has 0 radical (unpaired) electrons. The molecule has 30 heavy (non-hydrogen) atoms. The van der Waals surface area contributed by atoms with E-state index in [2.05, 4.69) is 5.10 Å². The van der Waals surface area contributed by atoms with Gasteiger partial charge in [-0.25, -0.2) is 9.48 Å². The maximum atomic E-state index is 12.3. The number of fused-ring (bicyclic) bond motifs is 1. The van der Waals surface area contributed by atoms with Crippen molar-refractivity contribution in [3.05, 3.63) is 106 Å². The van der Waals surface area contributed by atoms with Gasteiger partial charge in [0, 0.05) is 11.6 Å². The van der Waals surface area contributed by atoms with Crippen LogP contribution in [0.2, 0.25) is 5.15 Å². The van der Waals surface area contributed by atoms with Gasteiger partial charge in [0.1, 0.15) is 11.8 Å². The monoisotopic (exact) mass is 416 g/mol. The first kappa shape index (κ1) is 19.9. The summed E-state index contributed by atoms with van der Waals surface area (Å²) in [6.45, 7) is 2.65. The van der Waals surface area contributed by atoms with Crippen LogP contribution < -0.4 is 0 Å². The van der Waals surface area contributed by atoms with Crippen LogP contribution in [0.5, 0.6) is 0 Å². The number of ether oxygens (including phenoxy) is 1. The summed E-state index contributed by atoms with van der Waals surface area (Å²) >= 11 is 6.50. The lowest BCUT2D eigenvalue weighted by Gasteiger charge is -2.06. The molecule has 0 bridgehead atoms. The average molecular weight is 417 g/mol. The van der Waals surface area contributed by atoms with Crippen molar-refractivity contribution in [2.45, 2.75) is 20.1 Å². The van der Waals surface area contributed by atoms with E-state index in [0.717, 1.165) is 33.2 Å². The largest absolute Gasteiger partial charge is 0.458 e. The first-order valence-corrected chi connectivity index (χ1v) is 10.1. The number of carbonyl (C=O) groups is 1. The van der Waals surface area contributed by atoms with Crippen molar-refractivity contribution in [1.29, 1.82) is 0 Å². The molecule has 0 saturated heterocycles. The number of esters is 1. The Bertz CT molecular complexity index is 1210. The van der Waals surface area contributed by atoms with Gasteiger partial charge in [0.05, 0.1) is 12.2 Å². The number of hydrogen-bond donors (Lipinski definition) is 0. The highest BCUT2D eigenvalue weighted by atomic mass is 35.5. The molecular formula is C25H21ClN2O2. The molecule has 0 atom stereocenters. The first-order chi connectivity index (χ1) is 14.6. The summed E-state index contributed by atoms with van der Waals surface area (Å²) in [4.78, 5) is 12.3. The van der Waals surface area contributed by atoms with Crippen LogP contribution in [-0.2, 0) is 22.7 Å². The predicted octanol–water partition coefficient (Wildman–Crippen LogP) is 5.80. The summed E-state index contributed by atoms with van der Waals surface area (Å²) < 4.78 is 7.17. The zero-order valence-electron chi connectivity index (χ0n) is 16.6.